The Bertz CT molecular complexity index is 386. The highest BCUT2D eigenvalue weighted by Gasteiger charge is 2.29. The molecule has 1 heterocycles. The second kappa shape index (κ2) is 5.85. The van der Waals surface area contributed by atoms with Crippen molar-refractivity contribution in [1.29, 1.82) is 0 Å². The van der Waals surface area contributed by atoms with Crippen LogP contribution in [0.2, 0.25) is 0 Å². The highest BCUT2D eigenvalue weighted by Crippen LogP contribution is 2.30. The van der Waals surface area contributed by atoms with Gasteiger partial charge in [-0.25, -0.2) is 0 Å². The van der Waals surface area contributed by atoms with E-state index in [1.807, 2.05) is 0 Å². The predicted octanol–water partition coefficient (Wildman–Crippen LogP) is 2.97. The van der Waals surface area contributed by atoms with Crippen LogP contribution in [0.25, 0.3) is 0 Å². The molecule has 2 heteroatoms. The summed E-state index contributed by atoms with van der Waals surface area (Å²) in [5.41, 5.74) is 8.72. The maximum Gasteiger partial charge on any atom is 0.0470 e. The largest absolute Gasteiger partial charge is 0.329 e. The summed E-state index contributed by atoms with van der Waals surface area (Å²) in [5.74, 6) is 1.62. The number of nitrogens with zero attached hydrogens (tertiary/aromatic N) is 1. The molecule has 2 nitrogen and oxygen atoms in total. The average molecular weight is 246 g/mol. The molecule has 0 bridgehead atoms. The molecular formula is C16H26N2. The molecule has 1 aliphatic heterocycles. The van der Waals surface area contributed by atoms with Crippen LogP contribution in [-0.2, 0) is 0 Å². The minimum Gasteiger partial charge on any atom is -0.329 e. The fourth-order valence-corrected chi connectivity index (χ4v) is 3.02. The second-order valence-corrected chi connectivity index (χ2v) is 5.95. The molecule has 1 fully saturated rings. The van der Waals surface area contributed by atoms with Crippen LogP contribution < -0.4 is 5.73 Å². The number of benzene rings is 1. The molecule has 0 aliphatic carbocycles. The summed E-state index contributed by atoms with van der Waals surface area (Å²) >= 11 is 0. The first-order valence-corrected chi connectivity index (χ1v) is 7.12. The summed E-state index contributed by atoms with van der Waals surface area (Å²) in [7, 11) is 0. The van der Waals surface area contributed by atoms with Crippen molar-refractivity contribution >= 4 is 0 Å². The van der Waals surface area contributed by atoms with Crippen LogP contribution in [0.15, 0.2) is 24.3 Å². The van der Waals surface area contributed by atoms with Gasteiger partial charge in [-0.2, -0.15) is 0 Å². The molecule has 0 radical (unpaired) electrons. The van der Waals surface area contributed by atoms with Gasteiger partial charge < -0.3 is 5.73 Å². The molecule has 0 aromatic heterocycles. The zero-order valence-corrected chi connectivity index (χ0v) is 11.9. The second-order valence-electron chi connectivity index (χ2n) is 5.95. The van der Waals surface area contributed by atoms with E-state index in [2.05, 4.69) is 49.9 Å². The van der Waals surface area contributed by atoms with E-state index in [1.165, 1.54) is 30.6 Å². The molecule has 1 aliphatic rings. The molecule has 0 saturated carbocycles. The van der Waals surface area contributed by atoms with Gasteiger partial charge in [-0.05, 0) is 37.3 Å². The Morgan fingerprint density at radius 2 is 2.17 bits per heavy atom. The molecule has 100 valence electrons. The van der Waals surface area contributed by atoms with Gasteiger partial charge in [-0.3, -0.25) is 4.90 Å². The van der Waals surface area contributed by atoms with Gasteiger partial charge in [-0.1, -0.05) is 43.7 Å². The van der Waals surface area contributed by atoms with E-state index in [4.69, 9.17) is 5.73 Å². The summed E-state index contributed by atoms with van der Waals surface area (Å²) in [4.78, 5) is 2.57. The van der Waals surface area contributed by atoms with Gasteiger partial charge >= 0.3 is 0 Å². The Morgan fingerprint density at radius 1 is 1.39 bits per heavy atom. The van der Waals surface area contributed by atoms with Gasteiger partial charge in [0.25, 0.3) is 0 Å². The summed E-state index contributed by atoms with van der Waals surface area (Å²) in [5, 5.41) is 0. The number of hydrogen-bond acceptors (Lipinski definition) is 2. The van der Waals surface area contributed by atoms with E-state index in [0.29, 0.717) is 12.6 Å². The number of rotatable bonds is 4. The van der Waals surface area contributed by atoms with Crippen molar-refractivity contribution in [3.05, 3.63) is 35.4 Å². The molecule has 1 aromatic carbocycles. The first-order valence-electron chi connectivity index (χ1n) is 7.12. The lowest BCUT2D eigenvalue weighted by Gasteiger charge is -2.28. The molecule has 2 N–H and O–H groups in total. The molecule has 2 atom stereocenters. The van der Waals surface area contributed by atoms with Crippen LogP contribution in [0.4, 0.5) is 0 Å². The molecule has 0 spiro atoms. The van der Waals surface area contributed by atoms with Gasteiger partial charge in [0.15, 0.2) is 0 Å². The average Bonchev–Trinajstić information content (AvgIpc) is 2.80. The van der Waals surface area contributed by atoms with Crippen molar-refractivity contribution in [3.63, 3.8) is 0 Å². The first kappa shape index (κ1) is 13.6. The third-order valence-corrected chi connectivity index (χ3v) is 4.29. The molecule has 0 amide bonds. The Kier molecular flexibility index (Phi) is 4.41. The van der Waals surface area contributed by atoms with E-state index in [-0.39, 0.29) is 0 Å². The number of hydrogen-bond donors (Lipinski definition) is 1. The van der Waals surface area contributed by atoms with Crippen LogP contribution in [0.5, 0.6) is 0 Å². The summed E-state index contributed by atoms with van der Waals surface area (Å²) in [6, 6.07) is 9.18. The van der Waals surface area contributed by atoms with E-state index in [0.717, 1.165) is 11.8 Å². The van der Waals surface area contributed by atoms with Crippen LogP contribution in [0, 0.1) is 18.8 Å². The Balaban J connectivity index is 2.10. The van der Waals surface area contributed by atoms with Gasteiger partial charge in [0, 0.05) is 19.1 Å². The lowest BCUT2D eigenvalue weighted by molar-refractivity contribution is 0.232. The number of likely N-dealkylation sites (tertiary alicyclic amines) is 1. The zero-order valence-electron chi connectivity index (χ0n) is 11.9. The van der Waals surface area contributed by atoms with Crippen molar-refractivity contribution in [1.82, 2.24) is 4.90 Å². The van der Waals surface area contributed by atoms with Crippen LogP contribution in [0.1, 0.15) is 37.4 Å². The van der Waals surface area contributed by atoms with E-state index in [1.54, 1.807) is 0 Å². The lowest BCUT2D eigenvalue weighted by Crippen LogP contribution is -2.32. The van der Waals surface area contributed by atoms with E-state index in [9.17, 15) is 0 Å². The third-order valence-electron chi connectivity index (χ3n) is 4.29. The normalized spacial score (nSPS) is 22.6. The molecular weight excluding hydrogens is 220 g/mol. The number of aryl methyl sites for hydroxylation is 1. The highest BCUT2D eigenvalue weighted by molar-refractivity contribution is 5.25. The summed E-state index contributed by atoms with van der Waals surface area (Å²) < 4.78 is 0. The standard InChI is InChI=1S/C16H26N2/c1-12(2)15-7-8-18(11-15)16(10-17)14-6-4-5-13(3)9-14/h4-6,9,12,15-16H,7-8,10-11,17H2,1-3H3. The van der Waals surface area contributed by atoms with E-state index < -0.39 is 0 Å². The van der Waals surface area contributed by atoms with Crippen LogP contribution >= 0.6 is 0 Å². The smallest absolute Gasteiger partial charge is 0.0470 e. The minimum atomic E-state index is 0.397. The molecule has 1 aromatic rings. The molecule has 2 unspecified atom stereocenters. The highest BCUT2D eigenvalue weighted by atomic mass is 15.2. The predicted molar refractivity (Wildman–Crippen MR) is 77.5 cm³/mol. The first-order chi connectivity index (χ1) is 8.61. The van der Waals surface area contributed by atoms with Crippen molar-refractivity contribution < 1.29 is 0 Å². The molecule has 18 heavy (non-hydrogen) atoms. The SMILES string of the molecule is Cc1cccc(C(CN)N2CCC(C(C)C)C2)c1. The van der Waals surface area contributed by atoms with Crippen molar-refractivity contribution in [2.75, 3.05) is 19.6 Å². The Labute approximate surface area is 111 Å². The summed E-state index contributed by atoms with van der Waals surface area (Å²) in [6.45, 7) is 9.93. The fourth-order valence-electron chi connectivity index (χ4n) is 3.02. The maximum absolute atomic E-state index is 6.01. The van der Waals surface area contributed by atoms with Gasteiger partial charge in [0.2, 0.25) is 0 Å². The van der Waals surface area contributed by atoms with Crippen LogP contribution in [0.3, 0.4) is 0 Å². The monoisotopic (exact) mass is 246 g/mol. The zero-order chi connectivity index (χ0) is 13.1. The molecule has 2 rings (SSSR count). The quantitative estimate of drug-likeness (QED) is 0.885. The third kappa shape index (κ3) is 2.93. The van der Waals surface area contributed by atoms with Gasteiger partial charge in [0.05, 0.1) is 0 Å². The van der Waals surface area contributed by atoms with Crippen molar-refractivity contribution in [3.8, 4) is 0 Å². The number of nitrogens with two attached hydrogens (primary N) is 1. The van der Waals surface area contributed by atoms with Gasteiger partial charge in [-0.15, -0.1) is 0 Å². The lowest BCUT2D eigenvalue weighted by atomic mass is 9.95. The summed E-state index contributed by atoms with van der Waals surface area (Å²) in [6.07, 6.45) is 1.32. The fraction of sp³-hybridized carbons (Fsp3) is 0.625. The Morgan fingerprint density at radius 3 is 2.72 bits per heavy atom. The maximum atomic E-state index is 6.01. The minimum absolute atomic E-state index is 0.397. The van der Waals surface area contributed by atoms with Gasteiger partial charge in [0.1, 0.15) is 0 Å². The topological polar surface area (TPSA) is 29.3 Å². The van der Waals surface area contributed by atoms with Crippen molar-refractivity contribution in [2.45, 2.75) is 33.2 Å². The molecule has 1 saturated heterocycles. The van der Waals surface area contributed by atoms with Crippen LogP contribution in [-0.4, -0.2) is 24.5 Å². The van der Waals surface area contributed by atoms with Crippen molar-refractivity contribution in [2.24, 2.45) is 17.6 Å². The van der Waals surface area contributed by atoms with E-state index >= 15 is 0 Å². The Hall–Kier alpha value is -0.860.